The smallest absolute Gasteiger partial charge is 0.237 e. The second kappa shape index (κ2) is 7.78. The number of fused-ring (bicyclic) bond motifs is 3. The number of nitrogens with zero attached hydrogens (tertiary/aromatic N) is 2. The number of thioether (sulfide) groups is 1. The highest BCUT2D eigenvalue weighted by Crippen LogP contribution is 2.41. The summed E-state index contributed by atoms with van der Waals surface area (Å²) in [7, 11) is 0. The number of hydrogen-bond acceptors (Lipinski definition) is 5. The van der Waals surface area contributed by atoms with Crippen molar-refractivity contribution in [2.75, 3.05) is 5.32 Å². The highest BCUT2D eigenvalue weighted by atomic mass is 35.5. The number of thiophene rings is 1. The maximum atomic E-state index is 12.6. The van der Waals surface area contributed by atoms with Crippen LogP contribution in [0.5, 0.6) is 0 Å². The minimum absolute atomic E-state index is 0.0856. The van der Waals surface area contributed by atoms with Crippen LogP contribution in [0, 0.1) is 5.92 Å². The zero-order valence-corrected chi connectivity index (χ0v) is 17.5. The van der Waals surface area contributed by atoms with Gasteiger partial charge in [0.1, 0.15) is 16.2 Å². The zero-order valence-electron chi connectivity index (χ0n) is 15.2. The number of aromatic nitrogens is 2. The first-order valence-electron chi connectivity index (χ1n) is 9.00. The number of carbonyl (C=O) groups excluding carboxylic acids is 1. The number of para-hydroxylation sites is 1. The van der Waals surface area contributed by atoms with Crippen LogP contribution < -0.4 is 5.32 Å². The van der Waals surface area contributed by atoms with Crippen LogP contribution in [0.15, 0.2) is 35.6 Å². The summed E-state index contributed by atoms with van der Waals surface area (Å²) < 4.78 is 0. The van der Waals surface area contributed by atoms with Gasteiger partial charge in [-0.15, -0.1) is 11.3 Å². The first-order chi connectivity index (χ1) is 13.0. The van der Waals surface area contributed by atoms with Crippen LogP contribution >= 0.6 is 34.7 Å². The number of rotatable bonds is 4. The molecule has 0 aliphatic heterocycles. The zero-order chi connectivity index (χ0) is 19.0. The van der Waals surface area contributed by atoms with E-state index in [-0.39, 0.29) is 11.2 Å². The Morgan fingerprint density at radius 3 is 3.00 bits per heavy atom. The number of benzene rings is 1. The van der Waals surface area contributed by atoms with Crippen molar-refractivity contribution in [2.45, 2.75) is 43.4 Å². The highest BCUT2D eigenvalue weighted by Gasteiger charge is 2.25. The third kappa shape index (κ3) is 3.84. The normalized spacial score (nSPS) is 17.5. The SMILES string of the molecule is C[C@H]1CCc2c(sc3ncnc(S[C@H](C)C(=O)Nc4ccccc4Cl)c23)C1. The maximum Gasteiger partial charge on any atom is 0.237 e. The predicted octanol–water partition coefficient (Wildman–Crippen LogP) is 5.59. The van der Waals surface area contributed by atoms with E-state index in [2.05, 4.69) is 22.2 Å². The minimum Gasteiger partial charge on any atom is -0.324 e. The molecule has 2 atom stereocenters. The van der Waals surface area contributed by atoms with E-state index in [4.69, 9.17) is 11.6 Å². The molecule has 4 rings (SSSR count). The molecule has 0 spiro atoms. The lowest BCUT2D eigenvalue weighted by Crippen LogP contribution is -2.22. The summed E-state index contributed by atoms with van der Waals surface area (Å²) in [5.41, 5.74) is 2.02. The summed E-state index contributed by atoms with van der Waals surface area (Å²) in [6, 6.07) is 7.26. The van der Waals surface area contributed by atoms with Gasteiger partial charge < -0.3 is 5.32 Å². The number of hydrogen-bond donors (Lipinski definition) is 1. The van der Waals surface area contributed by atoms with Gasteiger partial charge in [-0.1, -0.05) is 42.4 Å². The standard InChI is InChI=1S/C20H20ClN3OS2/c1-11-7-8-13-16(9-11)27-20-17(13)19(22-10-23-20)26-12(2)18(25)24-15-6-4-3-5-14(15)21/h3-6,10-12H,7-9H2,1-2H3,(H,24,25)/t11-,12+/m0/s1. The molecule has 4 nitrogen and oxygen atoms in total. The Morgan fingerprint density at radius 1 is 1.37 bits per heavy atom. The van der Waals surface area contributed by atoms with Crippen LogP contribution in [0.1, 0.15) is 30.7 Å². The van der Waals surface area contributed by atoms with Crippen LogP contribution in [0.2, 0.25) is 5.02 Å². The number of anilines is 1. The molecule has 1 N–H and O–H groups in total. The molecule has 1 aliphatic rings. The van der Waals surface area contributed by atoms with Gasteiger partial charge in [-0.2, -0.15) is 0 Å². The quantitative estimate of drug-likeness (QED) is 0.444. The van der Waals surface area contributed by atoms with Crippen molar-refractivity contribution in [1.82, 2.24) is 9.97 Å². The number of nitrogens with one attached hydrogen (secondary N) is 1. The molecule has 0 saturated carbocycles. The summed E-state index contributed by atoms with van der Waals surface area (Å²) >= 11 is 9.41. The third-order valence-electron chi connectivity index (χ3n) is 4.85. The topological polar surface area (TPSA) is 54.9 Å². The number of halogens is 1. The van der Waals surface area contributed by atoms with Crippen molar-refractivity contribution in [3.05, 3.63) is 46.1 Å². The fraction of sp³-hybridized carbons (Fsp3) is 0.350. The monoisotopic (exact) mass is 417 g/mol. The average Bonchev–Trinajstić information content (AvgIpc) is 3.01. The lowest BCUT2D eigenvalue weighted by molar-refractivity contribution is -0.115. The molecule has 0 radical (unpaired) electrons. The van der Waals surface area contributed by atoms with Gasteiger partial charge in [0.2, 0.25) is 5.91 Å². The molecule has 27 heavy (non-hydrogen) atoms. The van der Waals surface area contributed by atoms with Gasteiger partial charge in [-0.25, -0.2) is 9.97 Å². The van der Waals surface area contributed by atoms with E-state index in [1.807, 2.05) is 19.1 Å². The van der Waals surface area contributed by atoms with E-state index >= 15 is 0 Å². The van der Waals surface area contributed by atoms with Crippen LogP contribution in [0.4, 0.5) is 5.69 Å². The van der Waals surface area contributed by atoms with Gasteiger partial charge in [0.05, 0.1) is 16.0 Å². The van der Waals surface area contributed by atoms with Crippen molar-refractivity contribution in [3.8, 4) is 0 Å². The Balaban J connectivity index is 1.58. The molecule has 0 bridgehead atoms. The fourth-order valence-electron chi connectivity index (χ4n) is 3.35. The minimum atomic E-state index is -0.294. The summed E-state index contributed by atoms with van der Waals surface area (Å²) in [4.78, 5) is 24.1. The van der Waals surface area contributed by atoms with Gasteiger partial charge in [0, 0.05) is 10.3 Å². The Bertz CT molecular complexity index is 1000. The van der Waals surface area contributed by atoms with Crippen LogP contribution in [0.25, 0.3) is 10.2 Å². The second-order valence-corrected chi connectivity index (χ2v) is 9.76. The Labute approximate surface area is 171 Å². The lowest BCUT2D eigenvalue weighted by atomic mass is 9.89. The van der Waals surface area contributed by atoms with E-state index in [1.54, 1.807) is 29.8 Å². The molecular formula is C20H20ClN3OS2. The van der Waals surface area contributed by atoms with Crippen molar-refractivity contribution >= 4 is 56.5 Å². The van der Waals surface area contributed by atoms with Crippen molar-refractivity contribution in [3.63, 3.8) is 0 Å². The maximum absolute atomic E-state index is 12.6. The largest absolute Gasteiger partial charge is 0.324 e. The Kier molecular flexibility index (Phi) is 5.39. The van der Waals surface area contributed by atoms with Crippen molar-refractivity contribution in [1.29, 1.82) is 0 Å². The van der Waals surface area contributed by atoms with Gasteiger partial charge in [0.25, 0.3) is 0 Å². The van der Waals surface area contributed by atoms with Crippen LogP contribution in [-0.4, -0.2) is 21.1 Å². The molecule has 0 fully saturated rings. The van der Waals surface area contributed by atoms with Gasteiger partial charge in [-0.3, -0.25) is 4.79 Å². The third-order valence-corrected chi connectivity index (χ3v) is 7.44. The molecule has 1 aromatic carbocycles. The Morgan fingerprint density at radius 2 is 2.19 bits per heavy atom. The number of aryl methyl sites for hydroxylation is 1. The Hall–Kier alpha value is -1.63. The molecule has 2 heterocycles. The average molecular weight is 418 g/mol. The van der Waals surface area contributed by atoms with Gasteiger partial charge in [-0.05, 0) is 49.8 Å². The predicted molar refractivity (Wildman–Crippen MR) is 114 cm³/mol. The van der Waals surface area contributed by atoms with Gasteiger partial charge in [0.15, 0.2) is 0 Å². The second-order valence-electron chi connectivity index (χ2n) is 6.94. The molecule has 0 unspecified atom stereocenters. The fourth-order valence-corrected chi connectivity index (χ4v) is 5.90. The molecule has 2 aromatic heterocycles. The molecule has 0 saturated heterocycles. The summed E-state index contributed by atoms with van der Waals surface area (Å²) in [5.74, 6) is 0.632. The molecule has 140 valence electrons. The van der Waals surface area contributed by atoms with E-state index in [9.17, 15) is 4.79 Å². The molecule has 1 amide bonds. The highest BCUT2D eigenvalue weighted by molar-refractivity contribution is 8.00. The number of amides is 1. The molecule has 3 aromatic rings. The summed E-state index contributed by atoms with van der Waals surface area (Å²) in [6.45, 7) is 4.20. The first kappa shape index (κ1) is 18.7. The van der Waals surface area contributed by atoms with Crippen LogP contribution in [0.3, 0.4) is 0 Å². The van der Waals surface area contributed by atoms with E-state index in [0.717, 1.165) is 34.0 Å². The summed E-state index contributed by atoms with van der Waals surface area (Å²) in [5, 5.41) is 5.19. The molecular weight excluding hydrogens is 398 g/mol. The lowest BCUT2D eigenvalue weighted by Gasteiger charge is -2.18. The van der Waals surface area contributed by atoms with E-state index in [1.165, 1.54) is 28.6 Å². The first-order valence-corrected chi connectivity index (χ1v) is 11.1. The van der Waals surface area contributed by atoms with Crippen LogP contribution in [-0.2, 0) is 17.6 Å². The molecule has 1 aliphatic carbocycles. The van der Waals surface area contributed by atoms with E-state index < -0.39 is 0 Å². The van der Waals surface area contributed by atoms with Crippen molar-refractivity contribution < 1.29 is 4.79 Å². The van der Waals surface area contributed by atoms with E-state index in [0.29, 0.717) is 10.7 Å². The number of carbonyl (C=O) groups is 1. The molecule has 7 heteroatoms. The van der Waals surface area contributed by atoms with Crippen molar-refractivity contribution in [2.24, 2.45) is 5.92 Å². The summed E-state index contributed by atoms with van der Waals surface area (Å²) in [6.07, 6.45) is 4.98. The van der Waals surface area contributed by atoms with Gasteiger partial charge >= 0.3 is 0 Å².